The lowest BCUT2D eigenvalue weighted by molar-refractivity contribution is -0.116. The van der Waals surface area contributed by atoms with E-state index in [9.17, 15) is 4.79 Å². The Morgan fingerprint density at radius 3 is 3.00 bits per heavy atom. The lowest BCUT2D eigenvalue weighted by atomic mass is 10.1. The molecule has 0 aliphatic rings. The van der Waals surface area contributed by atoms with Crippen molar-refractivity contribution in [3.05, 3.63) is 48.2 Å². The molecule has 17 heavy (non-hydrogen) atoms. The van der Waals surface area contributed by atoms with Crippen LogP contribution >= 0.6 is 0 Å². The summed E-state index contributed by atoms with van der Waals surface area (Å²) in [4.78, 5) is 15.7. The third-order valence-corrected chi connectivity index (χ3v) is 2.43. The Hall–Kier alpha value is -2.16. The number of benzene rings is 1. The minimum Gasteiger partial charge on any atom is -0.353 e. The van der Waals surface area contributed by atoms with E-state index < -0.39 is 0 Å². The number of amides is 1. The Balaban J connectivity index is 2.33. The van der Waals surface area contributed by atoms with E-state index in [1.165, 1.54) is 6.08 Å². The fourth-order valence-electron chi connectivity index (χ4n) is 1.66. The second-order valence-electron chi connectivity index (χ2n) is 3.65. The van der Waals surface area contributed by atoms with E-state index in [1.807, 2.05) is 37.3 Å². The molecule has 0 radical (unpaired) electrons. The van der Waals surface area contributed by atoms with Gasteiger partial charge >= 0.3 is 0 Å². The topological polar surface area (TPSA) is 42.0 Å². The van der Waals surface area contributed by atoms with Crippen LogP contribution in [0.25, 0.3) is 17.0 Å². The summed E-state index contributed by atoms with van der Waals surface area (Å²) in [6, 6.07) is 9.82. The molecule has 3 heteroatoms. The molecule has 0 spiro atoms. The Bertz CT molecular complexity index is 556. The monoisotopic (exact) mass is 226 g/mol. The molecule has 0 unspecified atom stereocenters. The number of carbonyl (C=O) groups excluding carboxylic acids is 1. The van der Waals surface area contributed by atoms with Gasteiger partial charge in [-0.25, -0.2) is 0 Å². The molecule has 0 aliphatic carbocycles. The minimum atomic E-state index is -0.0829. The number of pyridine rings is 1. The van der Waals surface area contributed by atoms with Gasteiger partial charge < -0.3 is 5.32 Å². The Morgan fingerprint density at radius 2 is 2.18 bits per heavy atom. The standard InChI is InChI=1S/C14H14N2O/c1-2-15-13(17)9-8-12-6-3-5-11-7-4-10-16-14(11)12/h3-10H,2H2,1H3,(H,15,17)/b9-8+. The average Bonchev–Trinajstić information content (AvgIpc) is 2.36. The van der Waals surface area contributed by atoms with Gasteiger partial charge in [0.1, 0.15) is 0 Å². The summed E-state index contributed by atoms with van der Waals surface area (Å²) in [5, 5.41) is 3.79. The van der Waals surface area contributed by atoms with E-state index in [4.69, 9.17) is 0 Å². The van der Waals surface area contributed by atoms with E-state index in [-0.39, 0.29) is 5.91 Å². The van der Waals surface area contributed by atoms with Crippen molar-refractivity contribution in [3.63, 3.8) is 0 Å². The molecule has 2 aromatic rings. The number of para-hydroxylation sites is 1. The maximum atomic E-state index is 11.3. The number of carbonyl (C=O) groups is 1. The van der Waals surface area contributed by atoms with Crippen LogP contribution in [-0.2, 0) is 4.79 Å². The summed E-state index contributed by atoms with van der Waals surface area (Å²) in [5.74, 6) is -0.0829. The smallest absolute Gasteiger partial charge is 0.243 e. The summed E-state index contributed by atoms with van der Waals surface area (Å²) in [6.07, 6.45) is 5.08. The van der Waals surface area contributed by atoms with Crippen molar-refractivity contribution in [2.24, 2.45) is 0 Å². The van der Waals surface area contributed by atoms with Crippen molar-refractivity contribution in [3.8, 4) is 0 Å². The second kappa shape index (κ2) is 5.25. The molecular weight excluding hydrogens is 212 g/mol. The number of likely N-dealkylation sites (N-methyl/N-ethyl adjacent to an activating group) is 1. The van der Waals surface area contributed by atoms with Crippen molar-refractivity contribution < 1.29 is 4.79 Å². The molecular formula is C14H14N2O. The average molecular weight is 226 g/mol. The molecule has 1 heterocycles. The lowest BCUT2D eigenvalue weighted by Crippen LogP contribution is -2.19. The van der Waals surface area contributed by atoms with Crippen LogP contribution in [0.1, 0.15) is 12.5 Å². The SMILES string of the molecule is CCNC(=O)/C=C/c1cccc2cccnc12. The maximum Gasteiger partial charge on any atom is 0.243 e. The molecule has 0 saturated carbocycles. The molecule has 86 valence electrons. The molecule has 3 nitrogen and oxygen atoms in total. The highest BCUT2D eigenvalue weighted by Crippen LogP contribution is 2.16. The second-order valence-corrected chi connectivity index (χ2v) is 3.65. The molecule has 0 bridgehead atoms. The third-order valence-electron chi connectivity index (χ3n) is 2.43. The van der Waals surface area contributed by atoms with Gasteiger partial charge in [0, 0.05) is 29.8 Å². The zero-order valence-corrected chi connectivity index (χ0v) is 9.68. The molecule has 0 aliphatic heterocycles. The van der Waals surface area contributed by atoms with Crippen molar-refractivity contribution in [2.45, 2.75) is 6.92 Å². The van der Waals surface area contributed by atoms with Gasteiger partial charge in [-0.1, -0.05) is 24.3 Å². The molecule has 1 amide bonds. The highest BCUT2D eigenvalue weighted by atomic mass is 16.1. The predicted octanol–water partition coefficient (Wildman–Crippen LogP) is 2.38. The zero-order valence-electron chi connectivity index (χ0n) is 9.68. The highest BCUT2D eigenvalue weighted by molar-refractivity contribution is 5.95. The number of nitrogens with zero attached hydrogens (tertiary/aromatic N) is 1. The van der Waals surface area contributed by atoms with E-state index in [2.05, 4.69) is 10.3 Å². The predicted molar refractivity (Wildman–Crippen MR) is 69.5 cm³/mol. The molecule has 0 atom stereocenters. The highest BCUT2D eigenvalue weighted by Gasteiger charge is 1.98. The van der Waals surface area contributed by atoms with Crippen molar-refractivity contribution in [1.29, 1.82) is 0 Å². The first-order valence-corrected chi connectivity index (χ1v) is 5.61. The fourth-order valence-corrected chi connectivity index (χ4v) is 1.66. The quantitative estimate of drug-likeness (QED) is 0.816. The fraction of sp³-hybridized carbons (Fsp3) is 0.143. The number of nitrogens with one attached hydrogen (secondary N) is 1. The number of hydrogen-bond donors (Lipinski definition) is 1. The first-order valence-electron chi connectivity index (χ1n) is 5.61. The number of aromatic nitrogens is 1. The molecule has 2 rings (SSSR count). The van der Waals surface area contributed by atoms with Gasteiger partial charge in [-0.15, -0.1) is 0 Å². The van der Waals surface area contributed by atoms with E-state index >= 15 is 0 Å². The summed E-state index contributed by atoms with van der Waals surface area (Å²) in [5.41, 5.74) is 1.87. The van der Waals surface area contributed by atoms with E-state index in [0.29, 0.717) is 6.54 Å². The summed E-state index contributed by atoms with van der Waals surface area (Å²) in [6.45, 7) is 2.53. The van der Waals surface area contributed by atoms with Crippen molar-refractivity contribution in [1.82, 2.24) is 10.3 Å². The van der Waals surface area contributed by atoms with Gasteiger partial charge in [0.05, 0.1) is 5.52 Å². The Morgan fingerprint density at radius 1 is 1.35 bits per heavy atom. The van der Waals surface area contributed by atoms with Crippen LogP contribution in [0.5, 0.6) is 0 Å². The van der Waals surface area contributed by atoms with E-state index in [0.717, 1.165) is 16.5 Å². The third kappa shape index (κ3) is 2.69. The number of hydrogen-bond acceptors (Lipinski definition) is 2. The van der Waals surface area contributed by atoms with Gasteiger partial charge in [0.15, 0.2) is 0 Å². The number of rotatable bonds is 3. The van der Waals surface area contributed by atoms with Crippen LogP contribution < -0.4 is 5.32 Å². The lowest BCUT2D eigenvalue weighted by Gasteiger charge is -2.00. The minimum absolute atomic E-state index is 0.0829. The van der Waals surface area contributed by atoms with Crippen LogP contribution in [0, 0.1) is 0 Å². The summed E-state index contributed by atoms with van der Waals surface area (Å²) >= 11 is 0. The van der Waals surface area contributed by atoms with Gasteiger partial charge in [-0.05, 0) is 19.1 Å². The zero-order chi connectivity index (χ0) is 12.1. The number of fused-ring (bicyclic) bond motifs is 1. The van der Waals surface area contributed by atoms with Crippen LogP contribution in [0.3, 0.4) is 0 Å². The van der Waals surface area contributed by atoms with Crippen molar-refractivity contribution in [2.75, 3.05) is 6.54 Å². The molecule has 1 N–H and O–H groups in total. The van der Waals surface area contributed by atoms with E-state index in [1.54, 1.807) is 12.3 Å². The van der Waals surface area contributed by atoms with Gasteiger partial charge in [0.2, 0.25) is 5.91 Å². The van der Waals surface area contributed by atoms with Crippen LogP contribution in [-0.4, -0.2) is 17.4 Å². The largest absolute Gasteiger partial charge is 0.353 e. The van der Waals surface area contributed by atoms with Crippen LogP contribution in [0.4, 0.5) is 0 Å². The van der Waals surface area contributed by atoms with Gasteiger partial charge in [-0.2, -0.15) is 0 Å². The molecule has 1 aromatic heterocycles. The summed E-state index contributed by atoms with van der Waals surface area (Å²) in [7, 11) is 0. The Labute approximate surface area is 100 Å². The first-order chi connectivity index (χ1) is 8.31. The normalized spacial score (nSPS) is 10.9. The Kier molecular flexibility index (Phi) is 3.50. The first kappa shape index (κ1) is 11.3. The molecule has 0 saturated heterocycles. The maximum absolute atomic E-state index is 11.3. The molecule has 1 aromatic carbocycles. The van der Waals surface area contributed by atoms with Crippen LogP contribution in [0.2, 0.25) is 0 Å². The van der Waals surface area contributed by atoms with Gasteiger partial charge in [0.25, 0.3) is 0 Å². The summed E-state index contributed by atoms with van der Waals surface area (Å²) < 4.78 is 0. The van der Waals surface area contributed by atoms with Gasteiger partial charge in [-0.3, -0.25) is 9.78 Å². The molecule has 0 fully saturated rings. The van der Waals surface area contributed by atoms with Crippen LogP contribution in [0.15, 0.2) is 42.6 Å². The van der Waals surface area contributed by atoms with Crippen molar-refractivity contribution >= 4 is 22.9 Å².